The number of nitrogens with zero attached hydrogens (tertiary/aromatic N) is 3. The summed E-state index contributed by atoms with van der Waals surface area (Å²) in [6, 6.07) is 12.3. The van der Waals surface area contributed by atoms with E-state index in [-0.39, 0.29) is 29.1 Å². The average Bonchev–Trinajstić information content (AvgIpc) is 3.45. The standard InChI is InChI=1S/C22H25ClN4O3S2/c1-15(22-25-18-7-3-4-8-20(18)31-22)26(2)14-21(28)24-19-13-16(9-10-17(19)23)32(29,30)27-11-5-6-12-27/h3-4,7-10,13,15H,5-6,11-12,14H2,1-2H3,(H,24,28)/t15-/m1/s1. The van der Waals surface area contributed by atoms with E-state index < -0.39 is 10.0 Å². The number of halogens is 1. The molecule has 10 heteroatoms. The number of carbonyl (C=O) groups excluding carboxylic acids is 1. The minimum atomic E-state index is -3.59. The van der Waals surface area contributed by atoms with E-state index in [4.69, 9.17) is 11.6 Å². The minimum absolute atomic E-state index is 0.0597. The molecule has 32 heavy (non-hydrogen) atoms. The number of hydrogen-bond donors (Lipinski definition) is 1. The van der Waals surface area contributed by atoms with Crippen LogP contribution in [0.25, 0.3) is 10.2 Å². The Bertz CT molecular complexity index is 1210. The van der Waals surface area contributed by atoms with E-state index in [1.807, 2.05) is 43.1 Å². The highest BCUT2D eigenvalue weighted by Gasteiger charge is 2.28. The first-order chi connectivity index (χ1) is 15.3. The fourth-order valence-corrected chi connectivity index (χ4v) is 6.44. The highest BCUT2D eigenvalue weighted by atomic mass is 35.5. The quantitative estimate of drug-likeness (QED) is 0.529. The third-order valence-electron chi connectivity index (χ3n) is 5.64. The second-order valence-corrected chi connectivity index (χ2v) is 11.3. The van der Waals surface area contributed by atoms with Crippen LogP contribution in [0, 0.1) is 0 Å². The number of amides is 1. The number of aromatic nitrogens is 1. The van der Waals surface area contributed by atoms with E-state index in [1.54, 1.807) is 11.3 Å². The van der Waals surface area contributed by atoms with Crippen LogP contribution in [0.15, 0.2) is 47.4 Å². The number of likely N-dealkylation sites (N-methyl/N-ethyl adjacent to an activating group) is 1. The maximum absolute atomic E-state index is 12.8. The monoisotopic (exact) mass is 492 g/mol. The van der Waals surface area contributed by atoms with Gasteiger partial charge in [-0.2, -0.15) is 4.31 Å². The zero-order chi connectivity index (χ0) is 22.9. The van der Waals surface area contributed by atoms with Gasteiger partial charge in [0.1, 0.15) is 5.01 Å². The number of fused-ring (bicyclic) bond motifs is 1. The van der Waals surface area contributed by atoms with E-state index in [0.717, 1.165) is 28.1 Å². The van der Waals surface area contributed by atoms with Crippen molar-refractivity contribution in [3.8, 4) is 0 Å². The molecule has 1 fully saturated rings. The number of benzene rings is 2. The van der Waals surface area contributed by atoms with Gasteiger partial charge < -0.3 is 5.32 Å². The molecule has 1 N–H and O–H groups in total. The molecule has 1 amide bonds. The molecular formula is C22H25ClN4O3S2. The molecule has 2 heterocycles. The number of carbonyl (C=O) groups is 1. The number of nitrogens with one attached hydrogen (secondary N) is 1. The Labute approximate surface area is 197 Å². The third-order valence-corrected chi connectivity index (χ3v) is 9.07. The van der Waals surface area contributed by atoms with E-state index in [0.29, 0.717) is 18.1 Å². The maximum atomic E-state index is 12.8. The zero-order valence-electron chi connectivity index (χ0n) is 17.9. The van der Waals surface area contributed by atoms with Crippen LogP contribution in [-0.4, -0.2) is 55.2 Å². The molecule has 0 unspecified atom stereocenters. The van der Waals surface area contributed by atoms with Crippen molar-refractivity contribution in [3.63, 3.8) is 0 Å². The lowest BCUT2D eigenvalue weighted by Gasteiger charge is -2.22. The van der Waals surface area contributed by atoms with Crippen LogP contribution in [0.3, 0.4) is 0 Å². The van der Waals surface area contributed by atoms with E-state index in [1.165, 1.54) is 22.5 Å². The highest BCUT2D eigenvalue weighted by Crippen LogP contribution is 2.30. The SMILES string of the molecule is C[C@H](c1nc2ccccc2s1)N(C)CC(=O)Nc1cc(S(=O)(=O)N2CCCC2)ccc1Cl. The van der Waals surface area contributed by atoms with Crippen molar-refractivity contribution in [1.29, 1.82) is 0 Å². The van der Waals surface area contributed by atoms with Crippen LogP contribution < -0.4 is 5.32 Å². The summed E-state index contributed by atoms with van der Waals surface area (Å²) in [6.07, 6.45) is 1.71. The Morgan fingerprint density at radius 2 is 1.97 bits per heavy atom. The second-order valence-electron chi connectivity index (χ2n) is 7.91. The van der Waals surface area contributed by atoms with Crippen molar-refractivity contribution in [1.82, 2.24) is 14.2 Å². The van der Waals surface area contributed by atoms with Crippen LogP contribution in [0.1, 0.15) is 30.8 Å². The molecule has 1 aromatic heterocycles. The molecule has 1 aliphatic heterocycles. The molecule has 1 saturated heterocycles. The van der Waals surface area contributed by atoms with Gasteiger partial charge in [0.15, 0.2) is 0 Å². The maximum Gasteiger partial charge on any atom is 0.243 e. The van der Waals surface area contributed by atoms with Crippen molar-refractivity contribution in [2.45, 2.75) is 30.7 Å². The molecule has 0 spiro atoms. The normalized spacial score (nSPS) is 16.0. The number of para-hydroxylation sites is 1. The molecule has 0 aliphatic carbocycles. The molecule has 3 aromatic rings. The molecule has 2 aromatic carbocycles. The predicted molar refractivity (Wildman–Crippen MR) is 129 cm³/mol. The zero-order valence-corrected chi connectivity index (χ0v) is 20.3. The number of sulfonamides is 1. The molecular weight excluding hydrogens is 468 g/mol. The average molecular weight is 493 g/mol. The fourth-order valence-electron chi connectivity index (χ4n) is 3.65. The van der Waals surface area contributed by atoms with Crippen molar-refractivity contribution in [2.24, 2.45) is 0 Å². The van der Waals surface area contributed by atoms with Gasteiger partial charge in [-0.1, -0.05) is 23.7 Å². The van der Waals surface area contributed by atoms with Crippen LogP contribution in [0.2, 0.25) is 5.02 Å². The summed E-state index contributed by atoms with van der Waals surface area (Å²) < 4.78 is 28.2. The van der Waals surface area contributed by atoms with Crippen molar-refractivity contribution >= 4 is 54.8 Å². The predicted octanol–water partition coefficient (Wildman–Crippen LogP) is 4.37. The van der Waals surface area contributed by atoms with E-state index in [9.17, 15) is 13.2 Å². The lowest BCUT2D eigenvalue weighted by atomic mass is 10.3. The number of thiazole rings is 1. The van der Waals surface area contributed by atoms with Gasteiger partial charge in [-0.25, -0.2) is 13.4 Å². The molecule has 0 radical (unpaired) electrons. The summed E-state index contributed by atoms with van der Waals surface area (Å²) in [5.74, 6) is -0.280. The van der Waals surface area contributed by atoms with E-state index in [2.05, 4.69) is 10.3 Å². The Kier molecular flexibility index (Phi) is 6.83. The topological polar surface area (TPSA) is 82.6 Å². The first-order valence-corrected chi connectivity index (χ1v) is 13.0. The Balaban J connectivity index is 1.45. The second kappa shape index (κ2) is 9.44. The molecule has 7 nitrogen and oxygen atoms in total. The van der Waals surface area contributed by atoms with Gasteiger partial charge in [-0.15, -0.1) is 11.3 Å². The molecule has 0 saturated carbocycles. The first-order valence-electron chi connectivity index (χ1n) is 10.4. The molecule has 4 rings (SSSR count). The Morgan fingerprint density at radius 1 is 1.25 bits per heavy atom. The summed E-state index contributed by atoms with van der Waals surface area (Å²) in [5, 5.41) is 3.99. The lowest BCUT2D eigenvalue weighted by molar-refractivity contribution is -0.117. The third kappa shape index (κ3) is 4.82. The summed E-state index contributed by atoms with van der Waals surface area (Å²) in [6.45, 7) is 3.14. The van der Waals surface area contributed by atoms with Crippen LogP contribution in [0.4, 0.5) is 5.69 Å². The van der Waals surface area contributed by atoms with Crippen LogP contribution in [0.5, 0.6) is 0 Å². The van der Waals surface area contributed by atoms with E-state index >= 15 is 0 Å². The van der Waals surface area contributed by atoms with Crippen LogP contribution >= 0.6 is 22.9 Å². The molecule has 1 aliphatic rings. The van der Waals surface area contributed by atoms with Gasteiger partial charge in [0.05, 0.1) is 38.4 Å². The fraction of sp³-hybridized carbons (Fsp3) is 0.364. The first kappa shape index (κ1) is 23.1. The number of rotatable bonds is 7. The lowest BCUT2D eigenvalue weighted by Crippen LogP contribution is -2.32. The summed E-state index contributed by atoms with van der Waals surface area (Å²) in [5.41, 5.74) is 1.23. The summed E-state index contributed by atoms with van der Waals surface area (Å²) in [7, 11) is -1.74. The van der Waals surface area contributed by atoms with Gasteiger partial charge in [-0.05, 0) is 57.1 Å². The molecule has 1 atom stereocenters. The van der Waals surface area contributed by atoms with Gasteiger partial charge in [0.2, 0.25) is 15.9 Å². The Hall–Kier alpha value is -2.04. The number of hydrogen-bond acceptors (Lipinski definition) is 6. The molecule has 0 bridgehead atoms. The van der Waals surface area contributed by atoms with Crippen molar-refractivity contribution in [2.75, 3.05) is 32.0 Å². The Morgan fingerprint density at radius 3 is 2.69 bits per heavy atom. The number of anilines is 1. The smallest absolute Gasteiger partial charge is 0.243 e. The molecule has 170 valence electrons. The van der Waals surface area contributed by atoms with Gasteiger partial charge >= 0.3 is 0 Å². The highest BCUT2D eigenvalue weighted by molar-refractivity contribution is 7.89. The minimum Gasteiger partial charge on any atom is -0.324 e. The van der Waals surface area contributed by atoms with Gasteiger partial charge in [0, 0.05) is 13.1 Å². The summed E-state index contributed by atoms with van der Waals surface area (Å²) >= 11 is 7.85. The largest absolute Gasteiger partial charge is 0.324 e. The summed E-state index contributed by atoms with van der Waals surface area (Å²) in [4.78, 5) is 19.4. The van der Waals surface area contributed by atoms with Crippen LogP contribution in [-0.2, 0) is 14.8 Å². The van der Waals surface area contributed by atoms with Gasteiger partial charge in [0.25, 0.3) is 0 Å². The van der Waals surface area contributed by atoms with Crippen molar-refractivity contribution in [3.05, 3.63) is 52.5 Å². The van der Waals surface area contributed by atoms with Gasteiger partial charge in [-0.3, -0.25) is 9.69 Å². The van der Waals surface area contributed by atoms with Crippen molar-refractivity contribution < 1.29 is 13.2 Å².